The second-order valence-corrected chi connectivity index (χ2v) is 12.7. The number of hydrogen-bond acceptors (Lipinski definition) is 5. The molecule has 0 unspecified atom stereocenters. The maximum Gasteiger partial charge on any atom is 0.150 e. The molecule has 1 saturated heterocycles. The van der Waals surface area contributed by atoms with Gasteiger partial charge in [0.05, 0.1) is 24.2 Å². The first-order chi connectivity index (χ1) is 15.2. The van der Waals surface area contributed by atoms with Crippen molar-refractivity contribution in [1.29, 1.82) is 0 Å². The molecule has 0 spiro atoms. The van der Waals surface area contributed by atoms with Gasteiger partial charge in [0.2, 0.25) is 0 Å². The van der Waals surface area contributed by atoms with Crippen molar-refractivity contribution in [1.82, 2.24) is 14.7 Å². The van der Waals surface area contributed by atoms with Crippen LogP contribution in [0.4, 0.5) is 0 Å². The normalized spacial score (nSPS) is 27.5. The molecule has 1 aliphatic carbocycles. The topological polar surface area (TPSA) is 64.4 Å². The van der Waals surface area contributed by atoms with Gasteiger partial charge in [-0.05, 0) is 62.8 Å². The molecule has 2 heterocycles. The standard InChI is InChI=1S/C24H34BrN3O3S/c1-17-12-24(26-27(17)2)19-6-10-21(11-7-19)28-14-23(16-32(3,29)30)31-15-22(28)13-18-4-8-20(25)9-5-18/h4-5,8-9,12,19,21-23H,6-7,10-11,13-16H2,1-3H3/t19?,21?,22-,23+/m0/s1. The average molecular weight is 525 g/mol. The van der Waals surface area contributed by atoms with Gasteiger partial charge < -0.3 is 4.74 Å². The molecule has 1 aromatic heterocycles. The van der Waals surface area contributed by atoms with Gasteiger partial charge in [-0.3, -0.25) is 9.58 Å². The van der Waals surface area contributed by atoms with Gasteiger partial charge in [0.1, 0.15) is 9.84 Å². The maximum absolute atomic E-state index is 11.9. The summed E-state index contributed by atoms with van der Waals surface area (Å²) in [5.74, 6) is 0.612. The van der Waals surface area contributed by atoms with Crippen molar-refractivity contribution in [3.63, 3.8) is 0 Å². The molecule has 0 amide bonds. The molecule has 2 atom stereocenters. The van der Waals surface area contributed by atoms with Crippen LogP contribution in [0.2, 0.25) is 0 Å². The summed E-state index contributed by atoms with van der Waals surface area (Å²) in [4.78, 5) is 2.56. The monoisotopic (exact) mass is 523 g/mol. The third kappa shape index (κ3) is 6.01. The Labute approximate surface area is 200 Å². The number of rotatable bonds is 6. The van der Waals surface area contributed by atoms with Crippen LogP contribution in [0.1, 0.15) is 48.6 Å². The fraction of sp³-hybridized carbons (Fsp3) is 0.625. The summed E-state index contributed by atoms with van der Waals surface area (Å²) >= 11 is 3.51. The van der Waals surface area contributed by atoms with Gasteiger partial charge >= 0.3 is 0 Å². The molecule has 6 nitrogen and oxygen atoms in total. The van der Waals surface area contributed by atoms with E-state index in [1.807, 2.05) is 11.7 Å². The van der Waals surface area contributed by atoms with Gasteiger partial charge in [-0.15, -0.1) is 0 Å². The van der Waals surface area contributed by atoms with Crippen LogP contribution in [0.5, 0.6) is 0 Å². The van der Waals surface area contributed by atoms with Gasteiger partial charge in [0, 0.05) is 48.0 Å². The minimum atomic E-state index is -3.07. The van der Waals surface area contributed by atoms with E-state index < -0.39 is 9.84 Å². The summed E-state index contributed by atoms with van der Waals surface area (Å²) in [7, 11) is -1.07. The molecule has 2 aliphatic rings. The van der Waals surface area contributed by atoms with Crippen LogP contribution in [-0.2, 0) is 28.0 Å². The molecule has 0 radical (unpaired) electrons. The smallest absolute Gasteiger partial charge is 0.150 e. The molecular weight excluding hydrogens is 490 g/mol. The highest BCUT2D eigenvalue weighted by Gasteiger charge is 2.37. The third-order valence-electron chi connectivity index (χ3n) is 7.00. The van der Waals surface area contributed by atoms with Gasteiger partial charge in [-0.25, -0.2) is 8.42 Å². The summed E-state index contributed by atoms with van der Waals surface area (Å²) < 4.78 is 32.9. The number of halogens is 1. The van der Waals surface area contributed by atoms with Crippen molar-refractivity contribution < 1.29 is 13.2 Å². The number of nitrogens with zero attached hydrogens (tertiary/aromatic N) is 3. The molecule has 32 heavy (non-hydrogen) atoms. The minimum Gasteiger partial charge on any atom is -0.374 e. The molecule has 8 heteroatoms. The Morgan fingerprint density at radius 3 is 2.44 bits per heavy atom. The van der Waals surface area contributed by atoms with E-state index in [0.717, 1.165) is 36.6 Å². The summed E-state index contributed by atoms with van der Waals surface area (Å²) in [5.41, 5.74) is 3.70. The Kier molecular flexibility index (Phi) is 7.44. The Hall–Kier alpha value is -1.22. The molecule has 176 valence electrons. The molecule has 4 rings (SSSR count). The highest BCUT2D eigenvalue weighted by Crippen LogP contribution is 2.36. The van der Waals surface area contributed by atoms with Crippen LogP contribution < -0.4 is 0 Å². The Morgan fingerprint density at radius 1 is 1.16 bits per heavy atom. The second-order valence-electron chi connectivity index (χ2n) is 9.57. The maximum atomic E-state index is 11.9. The molecule has 1 aromatic carbocycles. The summed E-state index contributed by atoms with van der Waals surface area (Å²) in [6, 6.07) is 11.4. The van der Waals surface area contributed by atoms with Crippen LogP contribution in [0.25, 0.3) is 0 Å². The summed E-state index contributed by atoms with van der Waals surface area (Å²) in [5, 5.41) is 4.71. The van der Waals surface area contributed by atoms with Crippen molar-refractivity contribution in [2.45, 2.75) is 63.1 Å². The lowest BCUT2D eigenvalue weighted by Crippen LogP contribution is -2.56. The number of benzene rings is 1. The van der Waals surface area contributed by atoms with Crippen molar-refractivity contribution in [3.05, 3.63) is 51.8 Å². The Balaban J connectivity index is 1.46. The SMILES string of the molecule is Cc1cc(C2CCC(N3C[C@H](CS(C)(=O)=O)OC[C@@H]3Cc3ccc(Br)cc3)CC2)nn1C. The zero-order valence-corrected chi connectivity index (χ0v) is 21.6. The van der Waals surface area contributed by atoms with E-state index in [0.29, 0.717) is 25.1 Å². The van der Waals surface area contributed by atoms with Crippen LogP contribution in [-0.4, -0.2) is 66.4 Å². The molecule has 2 fully saturated rings. The Morgan fingerprint density at radius 2 is 1.84 bits per heavy atom. The predicted molar refractivity (Wildman–Crippen MR) is 131 cm³/mol. The van der Waals surface area contributed by atoms with E-state index in [1.165, 1.54) is 23.2 Å². The van der Waals surface area contributed by atoms with Crippen molar-refractivity contribution in [3.8, 4) is 0 Å². The van der Waals surface area contributed by atoms with Gasteiger partial charge in [-0.2, -0.15) is 5.10 Å². The number of ether oxygens (including phenoxy) is 1. The molecule has 1 aliphatic heterocycles. The zero-order chi connectivity index (χ0) is 22.9. The number of aromatic nitrogens is 2. The lowest BCUT2D eigenvalue weighted by Gasteiger charge is -2.46. The Bertz CT molecular complexity index is 994. The first-order valence-corrected chi connectivity index (χ1v) is 14.3. The van der Waals surface area contributed by atoms with Gasteiger partial charge in [0.15, 0.2) is 0 Å². The van der Waals surface area contributed by atoms with E-state index in [9.17, 15) is 8.42 Å². The first kappa shape index (κ1) is 23.9. The number of morpholine rings is 1. The van der Waals surface area contributed by atoms with Crippen LogP contribution in [0, 0.1) is 6.92 Å². The molecule has 1 saturated carbocycles. The minimum absolute atomic E-state index is 0.0943. The number of sulfone groups is 1. The predicted octanol–water partition coefficient (Wildman–Crippen LogP) is 3.87. The van der Waals surface area contributed by atoms with Gasteiger partial charge in [0.25, 0.3) is 0 Å². The van der Waals surface area contributed by atoms with Crippen molar-refractivity contribution in [2.75, 3.05) is 25.2 Å². The van der Waals surface area contributed by atoms with E-state index in [2.05, 4.69) is 58.1 Å². The lowest BCUT2D eigenvalue weighted by molar-refractivity contribution is -0.0755. The fourth-order valence-electron chi connectivity index (χ4n) is 5.23. The summed E-state index contributed by atoms with van der Waals surface area (Å²) in [6.45, 7) is 3.37. The zero-order valence-electron chi connectivity index (χ0n) is 19.2. The fourth-order valence-corrected chi connectivity index (χ4v) is 6.37. The van der Waals surface area contributed by atoms with Crippen LogP contribution in [0.15, 0.2) is 34.8 Å². The van der Waals surface area contributed by atoms with Crippen molar-refractivity contribution in [2.24, 2.45) is 7.05 Å². The van der Waals surface area contributed by atoms with Crippen molar-refractivity contribution >= 4 is 25.8 Å². The molecule has 0 bridgehead atoms. The number of hydrogen-bond donors (Lipinski definition) is 0. The first-order valence-electron chi connectivity index (χ1n) is 11.5. The molecule has 2 aromatic rings. The number of aryl methyl sites for hydroxylation is 2. The summed E-state index contributed by atoms with van der Waals surface area (Å²) in [6.07, 6.45) is 6.45. The van der Waals surface area contributed by atoms with E-state index in [-0.39, 0.29) is 17.9 Å². The quantitative estimate of drug-likeness (QED) is 0.574. The second kappa shape index (κ2) is 9.95. The highest BCUT2D eigenvalue weighted by atomic mass is 79.9. The van der Waals surface area contributed by atoms with E-state index >= 15 is 0 Å². The molecular formula is C24H34BrN3O3S. The van der Waals surface area contributed by atoms with Crippen LogP contribution in [0.3, 0.4) is 0 Å². The van der Waals surface area contributed by atoms with E-state index in [4.69, 9.17) is 9.84 Å². The average Bonchev–Trinajstić information content (AvgIpc) is 3.08. The molecule has 0 N–H and O–H groups in total. The van der Waals surface area contributed by atoms with E-state index in [1.54, 1.807) is 0 Å². The third-order valence-corrected chi connectivity index (χ3v) is 8.50. The van der Waals surface area contributed by atoms with Crippen LogP contribution >= 0.6 is 15.9 Å². The van der Waals surface area contributed by atoms with Gasteiger partial charge in [-0.1, -0.05) is 28.1 Å². The largest absolute Gasteiger partial charge is 0.374 e. The highest BCUT2D eigenvalue weighted by molar-refractivity contribution is 9.10. The lowest BCUT2D eigenvalue weighted by atomic mass is 9.82.